The van der Waals surface area contributed by atoms with E-state index in [4.69, 9.17) is 10.5 Å². The minimum atomic E-state index is -0.548. The maximum atomic E-state index is 13.1. The van der Waals surface area contributed by atoms with Crippen molar-refractivity contribution in [3.63, 3.8) is 0 Å². The summed E-state index contributed by atoms with van der Waals surface area (Å²) in [5, 5.41) is 0. The molecule has 2 saturated heterocycles. The molecule has 0 aliphatic carbocycles. The largest absolute Gasteiger partial charge is 0.373 e. The number of benzene rings is 1. The van der Waals surface area contributed by atoms with Gasteiger partial charge in [0.25, 0.3) is 0 Å². The molecule has 0 spiro atoms. The van der Waals surface area contributed by atoms with Crippen molar-refractivity contribution < 1.29 is 13.5 Å². The van der Waals surface area contributed by atoms with E-state index in [0.29, 0.717) is 12.0 Å². The van der Waals surface area contributed by atoms with Crippen molar-refractivity contribution >= 4 is 0 Å². The summed E-state index contributed by atoms with van der Waals surface area (Å²) in [4.78, 5) is 0. The molecule has 4 heteroatoms. The van der Waals surface area contributed by atoms with Crippen LogP contribution in [0.5, 0.6) is 0 Å². The first-order valence-corrected chi connectivity index (χ1v) is 5.94. The van der Waals surface area contributed by atoms with Crippen LogP contribution in [0.25, 0.3) is 0 Å². The molecule has 0 amide bonds. The third-order valence-corrected chi connectivity index (χ3v) is 3.81. The molecule has 2 heterocycles. The smallest absolute Gasteiger partial charge is 0.126 e. The van der Waals surface area contributed by atoms with Gasteiger partial charge in [0, 0.05) is 11.6 Å². The molecule has 2 N–H and O–H groups in total. The van der Waals surface area contributed by atoms with Gasteiger partial charge in [-0.1, -0.05) is 0 Å². The Morgan fingerprint density at radius 1 is 1.24 bits per heavy atom. The third kappa shape index (κ3) is 1.96. The molecule has 0 aromatic heterocycles. The molecule has 2 nitrogen and oxygen atoms in total. The standard InChI is InChI=1S/C13H15F2NO/c14-9-3-8(4-10(15)5-9)6-13(16)7-11-1-2-12(13)17-11/h3-5,11-12H,1-2,6-7,16H2. The average Bonchev–Trinajstić information content (AvgIpc) is 2.74. The van der Waals surface area contributed by atoms with Crippen molar-refractivity contribution in [3.8, 4) is 0 Å². The predicted molar refractivity (Wildman–Crippen MR) is 59.5 cm³/mol. The molecule has 2 bridgehead atoms. The minimum Gasteiger partial charge on any atom is -0.373 e. The summed E-state index contributed by atoms with van der Waals surface area (Å²) >= 11 is 0. The summed E-state index contributed by atoms with van der Waals surface area (Å²) in [6.07, 6.45) is 3.56. The molecule has 2 fully saturated rings. The van der Waals surface area contributed by atoms with Crippen molar-refractivity contribution in [1.82, 2.24) is 0 Å². The number of rotatable bonds is 2. The van der Waals surface area contributed by atoms with Gasteiger partial charge >= 0.3 is 0 Å². The van der Waals surface area contributed by atoms with Crippen LogP contribution in [0.1, 0.15) is 24.8 Å². The highest BCUT2D eigenvalue weighted by atomic mass is 19.1. The molecule has 17 heavy (non-hydrogen) atoms. The van der Waals surface area contributed by atoms with E-state index in [1.165, 1.54) is 12.1 Å². The van der Waals surface area contributed by atoms with Gasteiger partial charge in [0.05, 0.1) is 12.2 Å². The van der Waals surface area contributed by atoms with E-state index in [2.05, 4.69) is 0 Å². The van der Waals surface area contributed by atoms with Crippen molar-refractivity contribution in [2.45, 2.75) is 43.4 Å². The molecule has 1 aromatic carbocycles. The zero-order chi connectivity index (χ0) is 12.0. The second-order valence-electron chi connectivity index (χ2n) is 5.22. The van der Waals surface area contributed by atoms with Gasteiger partial charge in [0.2, 0.25) is 0 Å². The number of nitrogens with two attached hydrogens (primary N) is 1. The van der Waals surface area contributed by atoms with Gasteiger partial charge in [-0.25, -0.2) is 8.78 Å². The van der Waals surface area contributed by atoms with Gasteiger partial charge in [0.15, 0.2) is 0 Å². The summed E-state index contributed by atoms with van der Waals surface area (Å²) in [6.45, 7) is 0. The Balaban J connectivity index is 1.82. The first-order chi connectivity index (χ1) is 8.05. The molecule has 3 rings (SSSR count). The number of halogens is 2. The highest BCUT2D eigenvalue weighted by Crippen LogP contribution is 2.41. The summed E-state index contributed by atoms with van der Waals surface area (Å²) < 4.78 is 31.9. The van der Waals surface area contributed by atoms with Gasteiger partial charge in [-0.05, 0) is 43.4 Å². The average molecular weight is 239 g/mol. The second-order valence-corrected chi connectivity index (χ2v) is 5.22. The molecular weight excluding hydrogens is 224 g/mol. The quantitative estimate of drug-likeness (QED) is 0.858. The monoisotopic (exact) mass is 239 g/mol. The topological polar surface area (TPSA) is 35.2 Å². The van der Waals surface area contributed by atoms with Crippen molar-refractivity contribution in [3.05, 3.63) is 35.4 Å². The lowest BCUT2D eigenvalue weighted by atomic mass is 9.78. The van der Waals surface area contributed by atoms with Crippen LogP contribution in [-0.4, -0.2) is 17.7 Å². The molecule has 2 aliphatic heterocycles. The maximum absolute atomic E-state index is 13.1. The van der Waals surface area contributed by atoms with E-state index in [0.717, 1.165) is 25.3 Å². The van der Waals surface area contributed by atoms with Crippen LogP contribution in [0.4, 0.5) is 8.78 Å². The molecule has 0 saturated carbocycles. The number of ether oxygens (including phenoxy) is 1. The van der Waals surface area contributed by atoms with E-state index in [-0.39, 0.29) is 12.2 Å². The second kappa shape index (κ2) is 3.75. The molecule has 3 atom stereocenters. The summed E-state index contributed by atoms with van der Waals surface area (Å²) in [7, 11) is 0. The lowest BCUT2D eigenvalue weighted by Gasteiger charge is -2.31. The highest BCUT2D eigenvalue weighted by Gasteiger charge is 2.49. The van der Waals surface area contributed by atoms with E-state index in [9.17, 15) is 8.78 Å². The van der Waals surface area contributed by atoms with Crippen LogP contribution in [0.2, 0.25) is 0 Å². The molecule has 2 aliphatic rings. The fourth-order valence-electron chi connectivity index (χ4n) is 3.11. The van der Waals surface area contributed by atoms with Gasteiger partial charge < -0.3 is 10.5 Å². The van der Waals surface area contributed by atoms with Gasteiger partial charge in [0.1, 0.15) is 11.6 Å². The lowest BCUT2D eigenvalue weighted by molar-refractivity contribution is 0.0856. The van der Waals surface area contributed by atoms with Crippen molar-refractivity contribution in [2.24, 2.45) is 5.73 Å². The van der Waals surface area contributed by atoms with Gasteiger partial charge in [-0.3, -0.25) is 0 Å². The van der Waals surface area contributed by atoms with Crippen molar-refractivity contribution in [1.29, 1.82) is 0 Å². The van der Waals surface area contributed by atoms with E-state index in [1.807, 2.05) is 0 Å². The number of hydrogen-bond donors (Lipinski definition) is 1. The lowest BCUT2D eigenvalue weighted by Crippen LogP contribution is -2.50. The van der Waals surface area contributed by atoms with Crippen molar-refractivity contribution in [2.75, 3.05) is 0 Å². The Kier molecular flexibility index (Phi) is 2.45. The number of hydrogen-bond acceptors (Lipinski definition) is 2. The van der Waals surface area contributed by atoms with Gasteiger partial charge in [-0.15, -0.1) is 0 Å². The maximum Gasteiger partial charge on any atom is 0.126 e. The zero-order valence-corrected chi connectivity index (χ0v) is 9.46. The zero-order valence-electron chi connectivity index (χ0n) is 9.46. The molecular formula is C13H15F2NO. The molecule has 3 unspecified atom stereocenters. The Bertz CT molecular complexity index is 431. The van der Waals surface area contributed by atoms with E-state index < -0.39 is 17.2 Å². The molecule has 0 radical (unpaired) electrons. The first-order valence-electron chi connectivity index (χ1n) is 5.94. The fourth-order valence-corrected chi connectivity index (χ4v) is 3.11. The highest BCUT2D eigenvalue weighted by molar-refractivity contribution is 5.22. The Morgan fingerprint density at radius 3 is 2.47 bits per heavy atom. The summed E-state index contributed by atoms with van der Waals surface area (Å²) in [5.74, 6) is -1.10. The van der Waals surface area contributed by atoms with E-state index >= 15 is 0 Å². The summed E-state index contributed by atoms with van der Waals surface area (Å²) in [6, 6.07) is 3.58. The van der Waals surface area contributed by atoms with Gasteiger partial charge in [-0.2, -0.15) is 0 Å². The molecule has 1 aromatic rings. The van der Waals surface area contributed by atoms with Crippen LogP contribution in [0, 0.1) is 11.6 Å². The normalized spacial score (nSPS) is 35.5. The molecule has 92 valence electrons. The SMILES string of the molecule is NC1(Cc2cc(F)cc(F)c2)CC2CCC1O2. The summed E-state index contributed by atoms with van der Waals surface area (Å²) in [5.41, 5.74) is 6.46. The van der Waals surface area contributed by atoms with Crippen LogP contribution in [-0.2, 0) is 11.2 Å². The first kappa shape index (κ1) is 11.1. The van der Waals surface area contributed by atoms with Crippen LogP contribution in [0.3, 0.4) is 0 Å². The van der Waals surface area contributed by atoms with Crippen LogP contribution >= 0.6 is 0 Å². The Hall–Kier alpha value is -1.00. The third-order valence-electron chi connectivity index (χ3n) is 3.81. The van der Waals surface area contributed by atoms with E-state index in [1.54, 1.807) is 0 Å². The Labute approximate surface area is 98.8 Å². The minimum absolute atomic E-state index is 0.0406. The fraction of sp³-hybridized carbons (Fsp3) is 0.538. The predicted octanol–water partition coefficient (Wildman–Crippen LogP) is 2.16. The number of fused-ring (bicyclic) bond motifs is 2. The Morgan fingerprint density at radius 2 is 1.94 bits per heavy atom. The van der Waals surface area contributed by atoms with Crippen LogP contribution in [0.15, 0.2) is 18.2 Å². The van der Waals surface area contributed by atoms with Crippen LogP contribution < -0.4 is 5.73 Å².